The van der Waals surface area contributed by atoms with Gasteiger partial charge in [-0.1, -0.05) is 20.8 Å². The largest absolute Gasteiger partial charge is 0.395 e. The number of likely N-dealkylation sites (N-methyl/N-ethyl adjacent to an activating group) is 1. The molecule has 0 radical (unpaired) electrons. The molecule has 102 valence electrons. The summed E-state index contributed by atoms with van der Waals surface area (Å²) in [6.45, 7) is 6.76. The van der Waals surface area contributed by atoms with Crippen molar-refractivity contribution in [2.45, 2.75) is 64.6 Å². The highest BCUT2D eigenvalue weighted by atomic mass is 16.3. The van der Waals surface area contributed by atoms with Gasteiger partial charge in [0.1, 0.15) is 0 Å². The first kappa shape index (κ1) is 14.9. The maximum absolute atomic E-state index is 9.58. The zero-order valence-corrected chi connectivity index (χ0v) is 11.9. The Bertz CT molecular complexity index is 212. The summed E-state index contributed by atoms with van der Waals surface area (Å²) in [6.07, 6.45) is 5.12. The number of aliphatic hydroxyl groups excluding tert-OH is 1. The third-order valence-corrected chi connectivity index (χ3v) is 4.49. The molecular weight excluding hydrogens is 212 g/mol. The van der Waals surface area contributed by atoms with Crippen molar-refractivity contribution in [3.05, 3.63) is 0 Å². The van der Waals surface area contributed by atoms with E-state index >= 15 is 0 Å². The third-order valence-electron chi connectivity index (χ3n) is 4.49. The molecule has 2 unspecified atom stereocenters. The van der Waals surface area contributed by atoms with Crippen LogP contribution in [0, 0.1) is 11.8 Å². The molecule has 0 bridgehead atoms. The summed E-state index contributed by atoms with van der Waals surface area (Å²) in [5.41, 5.74) is 6.20. The zero-order chi connectivity index (χ0) is 13.0. The fourth-order valence-corrected chi connectivity index (χ4v) is 2.89. The number of rotatable bonds is 5. The molecule has 17 heavy (non-hydrogen) atoms. The van der Waals surface area contributed by atoms with E-state index in [4.69, 9.17) is 5.73 Å². The van der Waals surface area contributed by atoms with Crippen LogP contribution in [0.4, 0.5) is 0 Å². The normalized spacial score (nSPS) is 29.6. The molecule has 3 heteroatoms. The van der Waals surface area contributed by atoms with Crippen molar-refractivity contribution in [2.24, 2.45) is 17.6 Å². The van der Waals surface area contributed by atoms with E-state index < -0.39 is 0 Å². The highest BCUT2D eigenvalue weighted by molar-refractivity contribution is 4.87. The number of nitrogens with zero attached hydrogens (tertiary/aromatic N) is 1. The van der Waals surface area contributed by atoms with Crippen molar-refractivity contribution in [2.75, 3.05) is 13.7 Å². The summed E-state index contributed by atoms with van der Waals surface area (Å²) in [5, 5.41) is 9.58. The molecule has 0 spiro atoms. The number of aliphatic hydroxyl groups is 1. The van der Waals surface area contributed by atoms with E-state index in [-0.39, 0.29) is 18.7 Å². The monoisotopic (exact) mass is 242 g/mol. The van der Waals surface area contributed by atoms with Crippen molar-refractivity contribution in [1.29, 1.82) is 0 Å². The van der Waals surface area contributed by atoms with E-state index in [9.17, 15) is 5.11 Å². The van der Waals surface area contributed by atoms with E-state index in [0.29, 0.717) is 12.0 Å². The summed E-state index contributed by atoms with van der Waals surface area (Å²) >= 11 is 0. The molecule has 1 aliphatic carbocycles. The molecule has 1 saturated carbocycles. The van der Waals surface area contributed by atoms with Crippen molar-refractivity contribution in [3.63, 3.8) is 0 Å². The van der Waals surface area contributed by atoms with Gasteiger partial charge in [-0.3, -0.25) is 4.90 Å². The average Bonchev–Trinajstić information content (AvgIpc) is 2.30. The Hall–Kier alpha value is -0.120. The molecule has 0 aliphatic heterocycles. The van der Waals surface area contributed by atoms with Crippen LogP contribution in [0.1, 0.15) is 46.5 Å². The maximum Gasteiger partial charge on any atom is 0.0602 e. The molecule has 0 heterocycles. The molecule has 0 aromatic heterocycles. The highest BCUT2D eigenvalue weighted by Gasteiger charge is 2.30. The van der Waals surface area contributed by atoms with Crippen LogP contribution in [-0.2, 0) is 0 Å². The standard InChI is InChI=1S/C14H30N2O/c1-10(2)14(15)13(9-17)16(4)12-7-5-11(3)6-8-12/h10-14,17H,5-9,15H2,1-4H3. The van der Waals surface area contributed by atoms with E-state index in [0.717, 1.165) is 5.92 Å². The van der Waals surface area contributed by atoms with Gasteiger partial charge in [-0.05, 0) is 44.6 Å². The summed E-state index contributed by atoms with van der Waals surface area (Å²) in [4.78, 5) is 2.33. The second kappa shape index (κ2) is 6.72. The Morgan fingerprint density at radius 3 is 2.18 bits per heavy atom. The number of nitrogens with two attached hydrogens (primary N) is 1. The molecule has 3 N–H and O–H groups in total. The van der Waals surface area contributed by atoms with Crippen molar-refractivity contribution < 1.29 is 5.11 Å². The second-order valence-electron chi connectivity index (χ2n) is 6.15. The Morgan fingerprint density at radius 1 is 1.24 bits per heavy atom. The maximum atomic E-state index is 9.58. The predicted octanol–water partition coefficient (Wildman–Crippen LogP) is 1.84. The van der Waals surface area contributed by atoms with Crippen LogP contribution in [0.2, 0.25) is 0 Å². The first-order valence-electron chi connectivity index (χ1n) is 7.05. The average molecular weight is 242 g/mol. The summed E-state index contributed by atoms with van der Waals surface area (Å²) in [5.74, 6) is 1.28. The Labute approximate surface area is 106 Å². The SMILES string of the molecule is CC1CCC(N(C)C(CO)C(N)C(C)C)CC1. The Balaban J connectivity index is 2.56. The minimum atomic E-state index is 0.0596. The first-order chi connectivity index (χ1) is 7.97. The first-order valence-corrected chi connectivity index (χ1v) is 7.05. The number of hydrogen-bond donors (Lipinski definition) is 2. The third kappa shape index (κ3) is 3.94. The molecule has 1 fully saturated rings. The van der Waals surface area contributed by atoms with Crippen LogP contribution in [0.3, 0.4) is 0 Å². The summed E-state index contributed by atoms with van der Waals surface area (Å²) < 4.78 is 0. The molecule has 1 aliphatic rings. The van der Waals surface area contributed by atoms with Gasteiger partial charge >= 0.3 is 0 Å². The van der Waals surface area contributed by atoms with Gasteiger partial charge in [-0.25, -0.2) is 0 Å². The van der Waals surface area contributed by atoms with E-state index in [1.165, 1.54) is 25.7 Å². The summed E-state index contributed by atoms with van der Waals surface area (Å²) in [6, 6.07) is 0.769. The zero-order valence-electron chi connectivity index (χ0n) is 11.9. The van der Waals surface area contributed by atoms with Crippen LogP contribution in [0.15, 0.2) is 0 Å². The molecule has 0 aromatic carbocycles. The predicted molar refractivity (Wildman–Crippen MR) is 72.9 cm³/mol. The van der Waals surface area contributed by atoms with Crippen LogP contribution in [0.25, 0.3) is 0 Å². The van der Waals surface area contributed by atoms with Crippen molar-refractivity contribution in [3.8, 4) is 0 Å². The van der Waals surface area contributed by atoms with Gasteiger partial charge in [0, 0.05) is 18.1 Å². The quantitative estimate of drug-likeness (QED) is 0.773. The Kier molecular flexibility index (Phi) is 5.90. The Morgan fingerprint density at radius 2 is 1.76 bits per heavy atom. The smallest absolute Gasteiger partial charge is 0.0602 e. The van der Waals surface area contributed by atoms with Crippen LogP contribution < -0.4 is 5.73 Å². The van der Waals surface area contributed by atoms with Gasteiger partial charge < -0.3 is 10.8 Å². The fraction of sp³-hybridized carbons (Fsp3) is 1.00. The minimum Gasteiger partial charge on any atom is -0.395 e. The van der Waals surface area contributed by atoms with Crippen LogP contribution in [0.5, 0.6) is 0 Å². The molecule has 0 aromatic rings. The van der Waals surface area contributed by atoms with Gasteiger partial charge in [-0.2, -0.15) is 0 Å². The molecule has 3 nitrogen and oxygen atoms in total. The molecule has 0 amide bonds. The van der Waals surface area contributed by atoms with Crippen LogP contribution >= 0.6 is 0 Å². The number of hydrogen-bond acceptors (Lipinski definition) is 3. The molecule has 2 atom stereocenters. The van der Waals surface area contributed by atoms with Gasteiger partial charge in [0.15, 0.2) is 0 Å². The topological polar surface area (TPSA) is 49.5 Å². The molecular formula is C14H30N2O. The lowest BCUT2D eigenvalue weighted by atomic mass is 9.85. The lowest BCUT2D eigenvalue weighted by molar-refractivity contribution is 0.0583. The molecule has 0 saturated heterocycles. The van der Waals surface area contributed by atoms with Crippen molar-refractivity contribution >= 4 is 0 Å². The lowest BCUT2D eigenvalue weighted by Gasteiger charge is -2.41. The van der Waals surface area contributed by atoms with Gasteiger partial charge in [0.05, 0.1) is 6.61 Å². The van der Waals surface area contributed by atoms with Gasteiger partial charge in [-0.15, -0.1) is 0 Å². The summed E-state index contributed by atoms with van der Waals surface area (Å²) in [7, 11) is 2.13. The fourth-order valence-electron chi connectivity index (χ4n) is 2.89. The second-order valence-corrected chi connectivity index (χ2v) is 6.15. The van der Waals surface area contributed by atoms with Gasteiger partial charge in [0.2, 0.25) is 0 Å². The van der Waals surface area contributed by atoms with E-state index in [2.05, 4.69) is 32.7 Å². The van der Waals surface area contributed by atoms with Gasteiger partial charge in [0.25, 0.3) is 0 Å². The van der Waals surface area contributed by atoms with E-state index in [1.54, 1.807) is 0 Å². The molecule has 1 rings (SSSR count). The van der Waals surface area contributed by atoms with E-state index in [1.807, 2.05) is 0 Å². The minimum absolute atomic E-state index is 0.0596. The van der Waals surface area contributed by atoms with Crippen LogP contribution in [-0.4, -0.2) is 41.8 Å². The van der Waals surface area contributed by atoms with Crippen molar-refractivity contribution in [1.82, 2.24) is 4.90 Å². The lowest BCUT2D eigenvalue weighted by Crippen LogP contribution is -2.54. The highest BCUT2D eigenvalue weighted by Crippen LogP contribution is 2.28.